The van der Waals surface area contributed by atoms with Gasteiger partial charge < -0.3 is 9.67 Å². The molecule has 0 amide bonds. The van der Waals surface area contributed by atoms with Gasteiger partial charge in [0.15, 0.2) is 5.16 Å². The second-order valence-corrected chi connectivity index (χ2v) is 6.57. The summed E-state index contributed by atoms with van der Waals surface area (Å²) >= 11 is 8.76. The molecule has 1 heterocycles. The normalized spacial score (nSPS) is 10.9. The van der Waals surface area contributed by atoms with Gasteiger partial charge in [0.2, 0.25) is 0 Å². The van der Waals surface area contributed by atoms with Gasteiger partial charge in [0, 0.05) is 11.1 Å². The molecule has 0 atom stereocenters. The van der Waals surface area contributed by atoms with Crippen molar-refractivity contribution in [2.24, 2.45) is 0 Å². The van der Waals surface area contributed by atoms with Gasteiger partial charge in [-0.1, -0.05) is 29.9 Å². The van der Waals surface area contributed by atoms with Crippen LogP contribution >= 0.6 is 46.0 Å². The Bertz CT molecular complexity index is 704. The van der Waals surface area contributed by atoms with Crippen LogP contribution in [-0.2, 0) is 11.3 Å². The molecule has 1 aromatic carbocycles. The summed E-state index contributed by atoms with van der Waals surface area (Å²) in [5.41, 5.74) is 1.17. The van der Waals surface area contributed by atoms with Gasteiger partial charge >= 0.3 is 5.97 Å². The Morgan fingerprint density at radius 1 is 1.60 bits per heavy atom. The molecule has 1 aromatic heterocycles. The van der Waals surface area contributed by atoms with E-state index in [0.717, 1.165) is 11.8 Å². The number of fused-ring (bicyclic) bond motifs is 1. The van der Waals surface area contributed by atoms with E-state index in [1.807, 2.05) is 22.6 Å². The summed E-state index contributed by atoms with van der Waals surface area (Å²) < 4.78 is 15.8. The van der Waals surface area contributed by atoms with E-state index in [4.69, 9.17) is 16.7 Å². The summed E-state index contributed by atoms with van der Waals surface area (Å²) in [6.45, 7) is 3.86. The molecule has 0 saturated carbocycles. The maximum Gasteiger partial charge on any atom is 0.313 e. The molecule has 0 aliphatic carbocycles. The third-order valence-corrected chi connectivity index (χ3v) is 4.32. The molecule has 1 N–H and O–H groups in total. The lowest BCUT2D eigenvalue weighted by Gasteiger charge is -2.07. The molecular weight excluding hydrogens is 418 g/mol. The number of imidazole rings is 1. The van der Waals surface area contributed by atoms with Crippen molar-refractivity contribution in [2.45, 2.75) is 11.7 Å². The van der Waals surface area contributed by atoms with Crippen molar-refractivity contribution in [2.75, 3.05) is 5.75 Å². The average Bonchev–Trinajstić information content (AvgIpc) is 2.65. The van der Waals surface area contributed by atoms with Gasteiger partial charge in [0.25, 0.3) is 0 Å². The number of nitrogens with zero attached hydrogens (tertiary/aromatic N) is 2. The predicted molar refractivity (Wildman–Crippen MR) is 85.8 cm³/mol. The molecule has 0 aliphatic rings. The van der Waals surface area contributed by atoms with E-state index in [2.05, 4.69) is 11.6 Å². The van der Waals surface area contributed by atoms with Crippen LogP contribution in [0.15, 0.2) is 28.9 Å². The average molecular weight is 427 g/mol. The number of carboxylic acid groups (broad SMARTS) is 1. The Labute approximate surface area is 137 Å². The van der Waals surface area contributed by atoms with Crippen LogP contribution < -0.4 is 0 Å². The number of aliphatic carboxylic acids is 1. The highest BCUT2D eigenvalue weighted by Gasteiger charge is 2.15. The topological polar surface area (TPSA) is 55.1 Å². The van der Waals surface area contributed by atoms with Crippen molar-refractivity contribution in [3.63, 3.8) is 0 Å². The summed E-state index contributed by atoms with van der Waals surface area (Å²) in [5, 5.41) is 9.59. The molecule has 8 heteroatoms. The first kappa shape index (κ1) is 15.6. The summed E-state index contributed by atoms with van der Waals surface area (Å²) in [5.74, 6) is -1.43. The maximum atomic E-state index is 13.7. The smallest absolute Gasteiger partial charge is 0.313 e. The molecule has 0 bridgehead atoms. The summed E-state index contributed by atoms with van der Waals surface area (Å²) in [6, 6.07) is 2.98. The molecule has 20 heavy (non-hydrogen) atoms. The molecule has 4 nitrogen and oxygen atoms in total. The van der Waals surface area contributed by atoms with Crippen LogP contribution in [0.5, 0.6) is 0 Å². The van der Waals surface area contributed by atoms with E-state index in [1.165, 1.54) is 6.07 Å². The van der Waals surface area contributed by atoms with Crippen molar-refractivity contribution in [1.82, 2.24) is 9.55 Å². The molecular formula is C12H9ClFIN2O2S. The summed E-state index contributed by atoms with van der Waals surface area (Å²) in [4.78, 5) is 15.0. The molecule has 2 rings (SSSR count). The van der Waals surface area contributed by atoms with Crippen molar-refractivity contribution in [1.29, 1.82) is 0 Å². The minimum absolute atomic E-state index is 0.127. The number of carbonyl (C=O) groups is 1. The Kier molecular flexibility index (Phi) is 4.92. The molecule has 0 fully saturated rings. The van der Waals surface area contributed by atoms with Crippen molar-refractivity contribution in [3.05, 3.63) is 33.1 Å². The van der Waals surface area contributed by atoms with E-state index in [-0.39, 0.29) is 18.1 Å². The van der Waals surface area contributed by atoms with E-state index < -0.39 is 5.97 Å². The van der Waals surface area contributed by atoms with Gasteiger partial charge in [-0.25, -0.2) is 9.37 Å². The fraction of sp³-hybridized carbons (Fsp3) is 0.167. The van der Waals surface area contributed by atoms with Crippen LogP contribution in [0.4, 0.5) is 4.39 Å². The first-order valence-electron chi connectivity index (χ1n) is 5.41. The maximum absolute atomic E-state index is 13.7. The molecule has 0 aliphatic heterocycles. The van der Waals surface area contributed by atoms with Crippen LogP contribution in [-0.4, -0.2) is 26.4 Å². The zero-order valence-electron chi connectivity index (χ0n) is 10.1. The largest absolute Gasteiger partial charge is 0.481 e. The molecule has 0 spiro atoms. The lowest BCUT2D eigenvalue weighted by molar-refractivity contribution is -0.133. The number of hydrogen-bond acceptors (Lipinski definition) is 3. The third kappa shape index (κ3) is 3.44. The molecule has 0 radical (unpaired) electrons. The molecule has 0 saturated heterocycles. The number of hydrogen-bond donors (Lipinski definition) is 1. The van der Waals surface area contributed by atoms with Gasteiger partial charge in [-0.05, 0) is 28.7 Å². The van der Waals surface area contributed by atoms with Gasteiger partial charge in [0.05, 0.1) is 26.9 Å². The minimum atomic E-state index is -0.945. The number of allylic oxidation sites excluding steroid dienone is 1. The fourth-order valence-electron chi connectivity index (χ4n) is 1.66. The molecule has 106 valence electrons. The summed E-state index contributed by atoms with van der Waals surface area (Å²) in [6.07, 6.45) is 0. The lowest BCUT2D eigenvalue weighted by atomic mass is 10.3. The van der Waals surface area contributed by atoms with Crippen LogP contribution in [0.25, 0.3) is 11.0 Å². The van der Waals surface area contributed by atoms with E-state index >= 15 is 0 Å². The highest BCUT2D eigenvalue weighted by Crippen LogP contribution is 2.28. The van der Waals surface area contributed by atoms with Crippen LogP contribution in [0.3, 0.4) is 0 Å². The van der Waals surface area contributed by atoms with Crippen molar-refractivity contribution in [3.8, 4) is 0 Å². The number of carboxylic acids is 1. The van der Waals surface area contributed by atoms with Crippen molar-refractivity contribution < 1.29 is 14.3 Å². The zero-order valence-corrected chi connectivity index (χ0v) is 13.8. The quantitative estimate of drug-likeness (QED) is 0.585. The first-order valence-corrected chi connectivity index (χ1v) is 7.86. The standard InChI is InChI=1S/C12H9ClFIN2O2S/c1-6(13)4-17-10-2-7(14)8(15)3-9(10)16-12(17)20-5-11(18)19/h2-3H,1,4-5H2,(H,18,19). The highest BCUT2D eigenvalue weighted by molar-refractivity contribution is 14.1. The SMILES string of the molecule is C=C(Cl)Cn1c(SCC(=O)O)nc2cc(I)c(F)cc21. The van der Waals surface area contributed by atoms with Crippen LogP contribution in [0.2, 0.25) is 0 Å². The van der Waals surface area contributed by atoms with Crippen LogP contribution in [0.1, 0.15) is 0 Å². The van der Waals surface area contributed by atoms with Gasteiger partial charge in [0.1, 0.15) is 5.82 Å². The Hall–Kier alpha value is -0.800. The monoisotopic (exact) mass is 426 g/mol. The third-order valence-electron chi connectivity index (χ3n) is 2.41. The molecule has 2 aromatic rings. The fourth-order valence-corrected chi connectivity index (χ4v) is 2.96. The summed E-state index contributed by atoms with van der Waals surface area (Å²) in [7, 11) is 0. The Morgan fingerprint density at radius 2 is 2.30 bits per heavy atom. The Morgan fingerprint density at radius 3 is 2.90 bits per heavy atom. The first-order chi connectivity index (χ1) is 9.38. The minimum Gasteiger partial charge on any atom is -0.481 e. The second-order valence-electron chi connectivity index (χ2n) is 3.94. The lowest BCUT2D eigenvalue weighted by Crippen LogP contribution is -2.03. The van der Waals surface area contributed by atoms with Crippen molar-refractivity contribution >= 4 is 63.0 Å². The van der Waals surface area contributed by atoms with Gasteiger partial charge in [-0.3, -0.25) is 4.79 Å². The Balaban J connectivity index is 2.54. The van der Waals surface area contributed by atoms with E-state index in [9.17, 15) is 9.18 Å². The second kappa shape index (κ2) is 6.31. The van der Waals surface area contributed by atoms with Gasteiger partial charge in [-0.2, -0.15) is 0 Å². The number of halogens is 3. The number of aromatic nitrogens is 2. The zero-order chi connectivity index (χ0) is 14.9. The van der Waals surface area contributed by atoms with Crippen LogP contribution in [0, 0.1) is 9.39 Å². The predicted octanol–water partition coefficient (Wildman–Crippen LogP) is 3.71. The molecule has 0 unspecified atom stereocenters. The van der Waals surface area contributed by atoms with E-state index in [0.29, 0.717) is 24.8 Å². The number of rotatable bonds is 5. The van der Waals surface area contributed by atoms with E-state index in [1.54, 1.807) is 10.6 Å². The number of thioether (sulfide) groups is 1. The highest BCUT2D eigenvalue weighted by atomic mass is 127. The van der Waals surface area contributed by atoms with Gasteiger partial charge in [-0.15, -0.1) is 0 Å². The number of benzene rings is 1.